The number of hydrogen-bond donors (Lipinski definition) is 10. The molecule has 0 spiro atoms. The summed E-state index contributed by atoms with van der Waals surface area (Å²) in [6.45, 7) is 11.5. The number of aryl methyl sites for hydroxylation is 4. The molecule has 0 saturated carbocycles. The fraction of sp³-hybridized carbons (Fsp3) is 0.381. The molecule has 4 aliphatic rings. The van der Waals surface area contributed by atoms with Crippen LogP contribution in [0.25, 0.3) is 0 Å². The summed E-state index contributed by atoms with van der Waals surface area (Å²) in [5.74, 6) is -33.5. The zero-order chi connectivity index (χ0) is 92.8. The second-order valence-electron chi connectivity index (χ2n) is 30.1. The minimum Gasteiger partial charge on any atom is -0.474 e. The van der Waals surface area contributed by atoms with Crippen LogP contribution in [0, 0.1) is 70.2 Å². The molecule has 672 valence electrons. The van der Waals surface area contributed by atoms with Crippen molar-refractivity contribution in [3.8, 4) is 0 Å². The van der Waals surface area contributed by atoms with E-state index < -0.39 is 204 Å². The van der Waals surface area contributed by atoms with Crippen LogP contribution in [-0.2, 0) is 64.0 Å². The van der Waals surface area contributed by atoms with Gasteiger partial charge in [-0.1, -0.05) is 79.7 Å². The maximum absolute atomic E-state index is 14.4. The van der Waals surface area contributed by atoms with Gasteiger partial charge in [-0.3, -0.25) is 33.6 Å². The Hall–Kier alpha value is -12.7. The van der Waals surface area contributed by atoms with E-state index in [1.807, 2.05) is 27.7 Å². The minimum atomic E-state index is -3.15. The highest BCUT2D eigenvalue weighted by molar-refractivity contribution is 6.41. The van der Waals surface area contributed by atoms with Crippen molar-refractivity contribution in [3.05, 3.63) is 213 Å². The number of aromatic nitrogens is 4. The zero-order valence-corrected chi connectivity index (χ0v) is 68.4. The van der Waals surface area contributed by atoms with E-state index in [0.717, 1.165) is 87.0 Å². The molecule has 0 bridgehead atoms. The Balaban J connectivity index is 0.000000199. The predicted molar refractivity (Wildman–Crippen MR) is 429 cm³/mol. The van der Waals surface area contributed by atoms with E-state index in [1.54, 1.807) is 24.3 Å². The molecule has 0 unspecified atom stereocenters. The van der Waals surface area contributed by atoms with Gasteiger partial charge in [-0.05, 0) is 143 Å². The van der Waals surface area contributed by atoms with Crippen LogP contribution < -0.4 is 49.5 Å². The lowest BCUT2D eigenvalue weighted by molar-refractivity contribution is -0.159. The Morgan fingerprint density at radius 3 is 0.848 bits per heavy atom. The Bertz CT molecular complexity index is 4930. The third-order valence-electron chi connectivity index (χ3n) is 21.4. The van der Waals surface area contributed by atoms with E-state index in [2.05, 4.69) is 46.5 Å². The lowest BCUT2D eigenvalue weighted by atomic mass is 9.86. The predicted octanol–water partition coefficient (Wildman–Crippen LogP) is 14.6. The summed E-state index contributed by atoms with van der Waals surface area (Å²) in [4.78, 5) is 116. The molecule has 4 saturated heterocycles. The second kappa shape index (κ2) is 41.2. The van der Waals surface area contributed by atoms with Crippen LogP contribution in [0.3, 0.4) is 0 Å². The number of nitrogen functional groups attached to an aromatic ring is 4. The van der Waals surface area contributed by atoms with E-state index in [1.165, 1.54) is 58.5 Å². The van der Waals surface area contributed by atoms with Gasteiger partial charge in [-0.2, -0.15) is 0 Å². The lowest BCUT2D eigenvalue weighted by Gasteiger charge is -2.42. The van der Waals surface area contributed by atoms with Crippen LogP contribution >= 0.6 is 0 Å². The van der Waals surface area contributed by atoms with Gasteiger partial charge in [0.2, 0.25) is 0 Å². The van der Waals surface area contributed by atoms with Gasteiger partial charge < -0.3 is 69.3 Å². The number of halogens is 16. The number of likely N-dealkylation sites (tertiary alicyclic amines) is 3. The largest absolute Gasteiger partial charge is 0.474 e. The van der Waals surface area contributed by atoms with Crippen molar-refractivity contribution in [3.63, 3.8) is 0 Å². The van der Waals surface area contributed by atoms with Gasteiger partial charge in [0, 0.05) is 81.6 Å². The first kappa shape index (κ1) is 97.7. The molecule has 4 fully saturated rings. The Morgan fingerprint density at radius 2 is 0.608 bits per heavy atom. The Labute approximate surface area is 705 Å². The first-order valence-electron chi connectivity index (χ1n) is 39.0. The number of alkyl halides is 8. The van der Waals surface area contributed by atoms with Gasteiger partial charge in [0.05, 0.1) is 65.7 Å². The van der Waals surface area contributed by atoms with Crippen molar-refractivity contribution in [2.45, 2.75) is 155 Å². The van der Waals surface area contributed by atoms with Gasteiger partial charge >= 0.3 is 47.3 Å². The number of carbonyl (C=O) groups is 8. The van der Waals surface area contributed by atoms with Crippen molar-refractivity contribution in [1.82, 2.24) is 40.0 Å². The fourth-order valence-corrected chi connectivity index (χ4v) is 13.7. The number of rotatable bonds is 12. The summed E-state index contributed by atoms with van der Waals surface area (Å²) in [6, 6.07) is 13.1. The summed E-state index contributed by atoms with van der Waals surface area (Å²) < 4.78 is 220. The van der Waals surface area contributed by atoms with Gasteiger partial charge in [-0.15, -0.1) is 0 Å². The Kier molecular flexibility index (Phi) is 32.2. The number of pyridine rings is 4. The highest BCUT2D eigenvalue weighted by Crippen LogP contribution is 2.47. The third-order valence-corrected chi connectivity index (χ3v) is 21.4. The average Bonchev–Trinajstić information content (AvgIpc) is 0.780. The highest BCUT2D eigenvalue weighted by Gasteiger charge is 2.52. The molecule has 4 aromatic heterocycles. The van der Waals surface area contributed by atoms with Gasteiger partial charge in [0.15, 0.2) is 46.5 Å². The smallest absolute Gasteiger partial charge is 0.394 e. The standard InChI is InChI=1S/3C21H22F4N4O2.C12H13F4N.C9H11N3O3/c3*1-3-12-6-14(9-27-18(12)26)28-19(30)20(31)29-10-11(2)21(24,25)8-17(29)13-4-5-15(22)16(23)7-13;1-7-6-17-11(5-12(7,15)16)8-2-3-9(13)10(14)4-8;1-2-5-3-6(4-11-7(5)10)12-8(13)9(14)15/h3*4-7,9,11,17H,3,8,10H2,1-2H3,(H2,26,27)(H,28,30);2-4,7,11,17H,5-6H2,1H3;3-4H,2H2,1H3,(H2,10,11)(H,12,13)(H,14,15)/t3*11-,17-;7-,11-;/m1000./s1. The Morgan fingerprint density at radius 1 is 0.368 bits per heavy atom. The summed E-state index contributed by atoms with van der Waals surface area (Å²) in [6.07, 6.45) is 4.61. The molecule has 14 N–H and O–H groups in total. The molecule has 0 aliphatic carbocycles. The molecule has 25 nitrogen and oxygen atoms in total. The normalized spacial score (nSPS) is 20.1. The van der Waals surface area contributed by atoms with E-state index in [0.29, 0.717) is 59.4 Å². The minimum absolute atomic E-state index is 0.0194. The number of nitrogens with one attached hydrogen (secondary N) is 5. The molecule has 41 heteroatoms. The number of carboxylic acid groups (broad SMARTS) is 1. The molecule has 4 aromatic carbocycles. The maximum Gasteiger partial charge on any atom is 0.394 e. The highest BCUT2D eigenvalue weighted by atomic mass is 19.3. The number of amides is 7. The zero-order valence-electron chi connectivity index (χ0n) is 68.4. The first-order chi connectivity index (χ1) is 58.5. The molecule has 125 heavy (non-hydrogen) atoms. The molecule has 8 aromatic rings. The summed E-state index contributed by atoms with van der Waals surface area (Å²) >= 11 is 0. The first-order valence-corrected chi connectivity index (χ1v) is 39.0. The second-order valence-corrected chi connectivity index (χ2v) is 30.1. The number of anilines is 8. The third kappa shape index (κ3) is 24.6. The number of piperidine rings is 4. The average molecular weight is 1770 g/mol. The van der Waals surface area contributed by atoms with Gasteiger partial charge in [0.1, 0.15) is 23.3 Å². The molecule has 12 rings (SSSR count). The molecule has 7 amide bonds. The van der Waals surface area contributed by atoms with E-state index in [4.69, 9.17) is 28.0 Å². The topological polar surface area (TPSA) is 382 Å². The summed E-state index contributed by atoms with van der Waals surface area (Å²) in [5.41, 5.74) is 26.8. The summed E-state index contributed by atoms with van der Waals surface area (Å²) in [5, 5.41) is 20.7. The number of hydrogen-bond acceptors (Lipinski definition) is 17. The van der Waals surface area contributed by atoms with Crippen molar-refractivity contribution in [2.75, 3.05) is 70.4 Å². The number of carbonyl (C=O) groups excluding carboxylic acids is 7. The fourth-order valence-electron chi connectivity index (χ4n) is 13.7. The van der Waals surface area contributed by atoms with Gasteiger partial charge in [0.25, 0.3) is 23.7 Å². The molecule has 8 heterocycles. The lowest BCUT2D eigenvalue weighted by Crippen LogP contribution is -2.52. The molecular weight excluding hydrogens is 1680 g/mol. The molecular formula is C84H90F16N16O9. The SMILES string of the molecule is CCc1cc(NC(=O)C(=O)N2C[C@@H](C)C(F)(F)C[C@@H]2c2ccc(F)c(F)c2)cnc1N.CCc1cc(NC(=O)C(=O)N2C[C@H](C)C(F)(F)C[C@H]2c2ccc(F)c(F)c2)cnc1N.CCc1cc(NC(=O)C(=O)N2C[C@H](C)C(F)(F)C[C@H]2c2ccc(F)c(F)c2)cnc1N.CCc1cc(NC(=O)C(=O)O)cnc1N.C[C@H]1CN[C@H](c2ccc(F)c(F)c2)CC1(F)F. The number of nitrogens with two attached hydrogens (primary N) is 4. The van der Waals surface area contributed by atoms with Crippen molar-refractivity contribution in [1.29, 1.82) is 0 Å². The summed E-state index contributed by atoms with van der Waals surface area (Å²) in [7, 11) is 0. The van der Waals surface area contributed by atoms with Crippen LogP contribution in [-0.4, -0.2) is 137 Å². The van der Waals surface area contributed by atoms with E-state index in [-0.39, 0.29) is 64.2 Å². The quantitative estimate of drug-likeness (QED) is 0.0401. The maximum atomic E-state index is 14.4. The monoisotopic (exact) mass is 1770 g/mol. The number of benzene rings is 4. The number of carboxylic acids is 1. The van der Waals surface area contributed by atoms with Crippen molar-refractivity contribution < 1.29 is 114 Å². The van der Waals surface area contributed by atoms with Crippen LogP contribution in [0.15, 0.2) is 122 Å². The van der Waals surface area contributed by atoms with Crippen LogP contribution in [0.1, 0.15) is 150 Å². The molecule has 8 atom stereocenters. The van der Waals surface area contributed by atoms with Crippen LogP contribution in [0.5, 0.6) is 0 Å². The number of aliphatic carboxylic acids is 1. The van der Waals surface area contributed by atoms with Crippen LogP contribution in [0.2, 0.25) is 0 Å². The molecule has 4 aliphatic heterocycles. The van der Waals surface area contributed by atoms with Crippen molar-refractivity contribution >= 4 is 93.3 Å². The van der Waals surface area contributed by atoms with Crippen LogP contribution in [0.4, 0.5) is 116 Å². The molecule has 0 radical (unpaired) electrons. The van der Waals surface area contributed by atoms with Crippen molar-refractivity contribution in [2.24, 2.45) is 23.7 Å². The van der Waals surface area contributed by atoms with Gasteiger partial charge in [-0.25, -0.2) is 95.0 Å². The van der Waals surface area contributed by atoms with E-state index in [9.17, 15) is 109 Å². The van der Waals surface area contributed by atoms with E-state index >= 15 is 0 Å². The number of nitrogens with zero attached hydrogens (tertiary/aromatic N) is 7.